The van der Waals surface area contributed by atoms with Crippen molar-refractivity contribution >= 4 is 23.1 Å². The third-order valence-electron chi connectivity index (χ3n) is 4.16. The quantitative estimate of drug-likeness (QED) is 0.400. The second kappa shape index (κ2) is 7.98. The Hall–Kier alpha value is -2.57. The number of benzene rings is 2. The van der Waals surface area contributed by atoms with Crippen molar-refractivity contribution in [1.82, 2.24) is 14.8 Å². The molecule has 0 aliphatic carbocycles. The molecule has 0 N–H and O–H groups in total. The van der Waals surface area contributed by atoms with Crippen molar-refractivity contribution in [1.29, 1.82) is 0 Å². The lowest BCUT2D eigenvalue weighted by Crippen LogP contribution is -1.99. The van der Waals surface area contributed by atoms with Gasteiger partial charge in [0.2, 0.25) is 0 Å². The molecule has 136 valence electrons. The number of thioether (sulfide) groups is 1. The summed E-state index contributed by atoms with van der Waals surface area (Å²) in [5, 5.41) is 11.9. The van der Waals surface area contributed by atoms with Gasteiger partial charge in [-0.25, -0.2) is 0 Å². The van der Waals surface area contributed by atoms with E-state index in [1.54, 1.807) is 30.2 Å². The molecule has 4 nitrogen and oxygen atoms in total. The minimum atomic E-state index is 0.832. The highest BCUT2D eigenvalue weighted by Crippen LogP contribution is 2.32. The van der Waals surface area contributed by atoms with Gasteiger partial charge in [0, 0.05) is 5.75 Å². The molecule has 0 amide bonds. The van der Waals surface area contributed by atoms with E-state index in [1.165, 1.54) is 11.1 Å². The van der Waals surface area contributed by atoms with E-state index in [4.69, 9.17) is 4.74 Å². The number of rotatable bonds is 6. The van der Waals surface area contributed by atoms with Gasteiger partial charge in [-0.15, -0.1) is 21.5 Å². The second-order valence-corrected chi connectivity index (χ2v) is 7.98. The van der Waals surface area contributed by atoms with E-state index in [2.05, 4.69) is 57.4 Å². The van der Waals surface area contributed by atoms with Crippen molar-refractivity contribution < 1.29 is 4.74 Å². The summed E-state index contributed by atoms with van der Waals surface area (Å²) in [6.07, 6.45) is 0. The molecule has 0 saturated heterocycles. The minimum Gasteiger partial charge on any atom is -0.497 e. The summed E-state index contributed by atoms with van der Waals surface area (Å²) in [4.78, 5) is 1.10. The van der Waals surface area contributed by atoms with Gasteiger partial charge in [0.05, 0.1) is 17.7 Å². The van der Waals surface area contributed by atoms with Crippen molar-refractivity contribution in [2.75, 3.05) is 7.11 Å². The van der Waals surface area contributed by atoms with Gasteiger partial charge in [-0.2, -0.15) is 0 Å². The fourth-order valence-electron chi connectivity index (χ4n) is 2.84. The Labute approximate surface area is 166 Å². The monoisotopic (exact) mass is 393 g/mol. The largest absolute Gasteiger partial charge is 0.497 e. The fourth-order valence-corrected chi connectivity index (χ4v) is 4.44. The number of methoxy groups -OCH3 is 1. The maximum absolute atomic E-state index is 5.29. The molecule has 0 fully saturated rings. The fraction of sp³-hybridized carbons (Fsp3) is 0.143. The number of aryl methyl sites for hydroxylation is 1. The maximum Gasteiger partial charge on any atom is 0.196 e. The van der Waals surface area contributed by atoms with Crippen molar-refractivity contribution in [3.8, 4) is 22.1 Å². The Morgan fingerprint density at radius 1 is 1.04 bits per heavy atom. The van der Waals surface area contributed by atoms with E-state index in [0.29, 0.717) is 0 Å². The van der Waals surface area contributed by atoms with E-state index in [0.717, 1.165) is 33.0 Å². The molecular formula is C21H19N3OS2. The van der Waals surface area contributed by atoms with Gasteiger partial charge in [-0.1, -0.05) is 47.7 Å². The number of aromatic nitrogens is 3. The first-order valence-electron chi connectivity index (χ1n) is 8.56. The molecular weight excluding hydrogens is 374 g/mol. The molecule has 0 unspecified atom stereocenters. The molecule has 2 aromatic heterocycles. The van der Waals surface area contributed by atoms with Crippen LogP contribution in [0.3, 0.4) is 0 Å². The van der Waals surface area contributed by atoms with Gasteiger partial charge < -0.3 is 4.74 Å². The Morgan fingerprint density at radius 3 is 2.59 bits per heavy atom. The summed E-state index contributed by atoms with van der Waals surface area (Å²) < 4.78 is 7.41. The summed E-state index contributed by atoms with van der Waals surface area (Å²) in [5.74, 6) is 2.54. The number of hydrogen-bond donors (Lipinski definition) is 0. The van der Waals surface area contributed by atoms with Crippen LogP contribution in [0.25, 0.3) is 16.4 Å². The number of nitrogens with zero attached hydrogens (tertiary/aromatic N) is 3. The van der Waals surface area contributed by atoms with Crippen LogP contribution in [0, 0.1) is 6.92 Å². The normalized spacial score (nSPS) is 10.9. The molecule has 0 spiro atoms. The van der Waals surface area contributed by atoms with Gasteiger partial charge in [0.15, 0.2) is 11.0 Å². The summed E-state index contributed by atoms with van der Waals surface area (Å²) >= 11 is 3.36. The van der Waals surface area contributed by atoms with Crippen molar-refractivity contribution in [2.24, 2.45) is 0 Å². The minimum absolute atomic E-state index is 0.832. The third kappa shape index (κ3) is 3.91. The summed E-state index contributed by atoms with van der Waals surface area (Å²) in [7, 11) is 1.67. The van der Waals surface area contributed by atoms with E-state index in [9.17, 15) is 0 Å². The van der Waals surface area contributed by atoms with Crippen LogP contribution in [0.5, 0.6) is 5.75 Å². The van der Waals surface area contributed by atoms with Gasteiger partial charge in [-0.3, -0.25) is 4.57 Å². The van der Waals surface area contributed by atoms with Gasteiger partial charge in [0.1, 0.15) is 5.75 Å². The highest BCUT2D eigenvalue weighted by atomic mass is 32.2. The van der Waals surface area contributed by atoms with Crippen LogP contribution >= 0.6 is 23.1 Å². The van der Waals surface area contributed by atoms with Crippen LogP contribution in [0.4, 0.5) is 0 Å². The zero-order chi connectivity index (χ0) is 18.6. The summed E-state index contributed by atoms with van der Waals surface area (Å²) in [6.45, 7) is 2.11. The molecule has 0 radical (unpaired) electrons. The van der Waals surface area contributed by atoms with Crippen LogP contribution in [-0.4, -0.2) is 21.9 Å². The molecule has 0 bridgehead atoms. The molecule has 0 aliphatic heterocycles. The van der Waals surface area contributed by atoms with Crippen LogP contribution in [0.15, 0.2) is 71.2 Å². The van der Waals surface area contributed by atoms with Crippen molar-refractivity contribution in [3.05, 3.63) is 77.2 Å². The predicted octanol–water partition coefficient (Wildman–Crippen LogP) is 5.61. The van der Waals surface area contributed by atoms with Crippen molar-refractivity contribution in [3.63, 3.8) is 0 Å². The lowest BCUT2D eigenvalue weighted by atomic mass is 10.2. The van der Waals surface area contributed by atoms with Crippen LogP contribution < -0.4 is 4.74 Å². The SMILES string of the molecule is COc1ccc(-n2c(SCc3cccc(C)c3)nnc2-c2cccs2)cc1. The number of thiophene rings is 1. The Kier molecular flexibility index (Phi) is 5.27. The topological polar surface area (TPSA) is 39.9 Å². The van der Waals surface area contributed by atoms with Gasteiger partial charge in [-0.05, 0) is 48.2 Å². The molecule has 2 aromatic carbocycles. The first kappa shape index (κ1) is 17.8. The predicted molar refractivity (Wildman–Crippen MR) is 112 cm³/mol. The van der Waals surface area contributed by atoms with E-state index in [-0.39, 0.29) is 0 Å². The van der Waals surface area contributed by atoms with E-state index < -0.39 is 0 Å². The summed E-state index contributed by atoms with van der Waals surface area (Å²) in [6, 6.07) is 20.7. The lowest BCUT2D eigenvalue weighted by Gasteiger charge is -2.10. The first-order valence-corrected chi connectivity index (χ1v) is 10.4. The molecule has 27 heavy (non-hydrogen) atoms. The zero-order valence-electron chi connectivity index (χ0n) is 15.1. The van der Waals surface area contributed by atoms with Crippen molar-refractivity contribution in [2.45, 2.75) is 17.8 Å². The van der Waals surface area contributed by atoms with Crippen LogP contribution in [-0.2, 0) is 5.75 Å². The Balaban J connectivity index is 1.70. The highest BCUT2D eigenvalue weighted by Gasteiger charge is 2.17. The molecule has 4 rings (SSSR count). The van der Waals surface area contributed by atoms with Gasteiger partial charge >= 0.3 is 0 Å². The molecule has 0 saturated carbocycles. The molecule has 6 heteroatoms. The van der Waals surface area contributed by atoms with Crippen LogP contribution in [0.2, 0.25) is 0 Å². The molecule has 0 atom stereocenters. The smallest absolute Gasteiger partial charge is 0.196 e. The molecule has 4 aromatic rings. The molecule has 2 heterocycles. The average Bonchev–Trinajstić information content (AvgIpc) is 3.36. The standard InChI is InChI=1S/C21H19N3OS2/c1-15-5-3-6-16(13-15)14-27-21-23-22-20(19-7-4-12-26-19)24(21)17-8-10-18(25-2)11-9-17/h3-13H,14H2,1-2H3. The zero-order valence-corrected chi connectivity index (χ0v) is 16.8. The average molecular weight is 394 g/mol. The maximum atomic E-state index is 5.29. The Morgan fingerprint density at radius 2 is 1.89 bits per heavy atom. The summed E-state index contributed by atoms with van der Waals surface area (Å²) in [5.41, 5.74) is 3.57. The number of ether oxygens (including phenoxy) is 1. The molecule has 0 aliphatic rings. The van der Waals surface area contributed by atoms with Crippen LogP contribution in [0.1, 0.15) is 11.1 Å². The lowest BCUT2D eigenvalue weighted by molar-refractivity contribution is 0.414. The highest BCUT2D eigenvalue weighted by molar-refractivity contribution is 7.98. The van der Waals surface area contributed by atoms with E-state index in [1.807, 2.05) is 30.3 Å². The third-order valence-corrected chi connectivity index (χ3v) is 6.02. The number of hydrogen-bond acceptors (Lipinski definition) is 5. The van der Waals surface area contributed by atoms with Gasteiger partial charge in [0.25, 0.3) is 0 Å². The first-order chi connectivity index (χ1) is 13.2. The second-order valence-electron chi connectivity index (χ2n) is 6.09. The Bertz CT molecular complexity index is 1020. The van der Waals surface area contributed by atoms with E-state index >= 15 is 0 Å².